The molecule has 0 aliphatic carbocycles. The number of fused-ring (bicyclic) bond motifs is 1. The Morgan fingerprint density at radius 3 is 2.24 bits per heavy atom. The monoisotopic (exact) mass is 774 g/mol. The maximum absolute atomic E-state index is 13.6. The predicted octanol–water partition coefficient (Wildman–Crippen LogP) is 4.78. The van der Waals surface area contributed by atoms with Gasteiger partial charge in [-0.2, -0.15) is 0 Å². The second-order valence-corrected chi connectivity index (χ2v) is 14.6. The molecule has 308 valence electrons. The van der Waals surface area contributed by atoms with Gasteiger partial charge in [0.15, 0.2) is 0 Å². The van der Waals surface area contributed by atoms with Crippen LogP contribution in [0.2, 0.25) is 0 Å². The largest absolute Gasteiger partial charge is 0.490 e. The number of esters is 1. The van der Waals surface area contributed by atoms with Gasteiger partial charge in [0, 0.05) is 53.2 Å². The molecule has 2 aliphatic heterocycles. The van der Waals surface area contributed by atoms with E-state index in [4.69, 9.17) is 42.6 Å². The number of anilines is 1. The fourth-order valence-electron chi connectivity index (χ4n) is 6.67. The van der Waals surface area contributed by atoms with Crippen LogP contribution in [0.25, 0.3) is 0 Å². The molecular weight excluding hydrogens is 712 g/mol. The first kappa shape index (κ1) is 44.2. The number of likely N-dealkylation sites (tertiary alicyclic amines) is 1. The summed E-state index contributed by atoms with van der Waals surface area (Å²) in [6.45, 7) is 12.2. The summed E-state index contributed by atoms with van der Waals surface area (Å²) in [4.78, 5) is 29.7. The molecule has 0 unspecified atom stereocenters. The maximum Gasteiger partial charge on any atom is 0.413 e. The summed E-state index contributed by atoms with van der Waals surface area (Å²) < 4.78 is 51.6. The lowest BCUT2D eigenvalue weighted by atomic mass is 9.84. The summed E-state index contributed by atoms with van der Waals surface area (Å²) in [7, 11) is 4.90. The van der Waals surface area contributed by atoms with Gasteiger partial charge in [0.2, 0.25) is 6.29 Å². The summed E-state index contributed by atoms with van der Waals surface area (Å²) in [6, 6.07) is 14.2. The lowest BCUT2D eigenvalue weighted by Crippen LogP contribution is -2.55. The van der Waals surface area contributed by atoms with Gasteiger partial charge in [0.05, 0.1) is 83.1 Å². The van der Waals surface area contributed by atoms with Crippen LogP contribution in [-0.4, -0.2) is 134 Å². The highest BCUT2D eigenvalue weighted by molar-refractivity contribution is 5.72. The molecule has 2 aromatic rings. The number of carbonyl (C=O) groups is 2. The number of hydrogen-bond acceptors (Lipinski definition) is 13. The van der Waals surface area contributed by atoms with Gasteiger partial charge in [-0.1, -0.05) is 51.1 Å². The van der Waals surface area contributed by atoms with Crippen molar-refractivity contribution in [3.8, 4) is 5.75 Å². The van der Waals surface area contributed by atoms with Gasteiger partial charge in [-0.3, -0.25) is 4.79 Å². The van der Waals surface area contributed by atoms with Crippen LogP contribution in [0.5, 0.6) is 5.75 Å². The number of ether oxygens (including phenoxy) is 9. The number of nitrogens with zero attached hydrogens (tertiary/aromatic N) is 2. The summed E-state index contributed by atoms with van der Waals surface area (Å²) >= 11 is 0. The summed E-state index contributed by atoms with van der Waals surface area (Å²) in [6.07, 6.45) is -2.92. The third-order valence-corrected chi connectivity index (χ3v) is 9.45. The molecule has 1 amide bonds. The zero-order valence-electron chi connectivity index (χ0n) is 33.6. The standard InChI is InChI=1S/C41H62N2O12/c1-28(2)40(45)54-30(4)55-41(46)43-20-37(52-25-32-11-14-36-35(19-32)42(16-18-51-36)15-8-17-47-5)39(38(21-43)53-27-34(44)26-49-7)33-12-9-31(10-13-33)24-50-23-29(3)22-48-6/h9-14,19,28-30,34,37-39,44H,8,15-18,20-27H2,1-7H3/t29-,30-,34+,37-,38+,39+/m0/s1. The van der Waals surface area contributed by atoms with Crippen LogP contribution in [0.3, 0.4) is 0 Å². The van der Waals surface area contributed by atoms with E-state index in [9.17, 15) is 14.7 Å². The van der Waals surface area contributed by atoms with Crippen molar-refractivity contribution in [2.75, 3.05) is 92.0 Å². The number of methoxy groups -OCH3 is 3. The van der Waals surface area contributed by atoms with E-state index in [1.165, 1.54) is 18.9 Å². The smallest absolute Gasteiger partial charge is 0.413 e. The average Bonchev–Trinajstić information content (AvgIpc) is 3.16. The highest BCUT2D eigenvalue weighted by atomic mass is 16.7. The first-order valence-corrected chi connectivity index (χ1v) is 19.2. The molecule has 2 heterocycles. The number of hydrogen-bond donors (Lipinski definition) is 1. The van der Waals surface area contributed by atoms with Crippen molar-refractivity contribution in [3.05, 3.63) is 59.2 Å². The number of benzene rings is 2. The van der Waals surface area contributed by atoms with E-state index < -0.39 is 36.7 Å². The summed E-state index contributed by atoms with van der Waals surface area (Å²) in [5, 5.41) is 10.6. The van der Waals surface area contributed by atoms with Crippen LogP contribution in [0, 0.1) is 11.8 Å². The van der Waals surface area contributed by atoms with E-state index in [0.717, 1.165) is 47.6 Å². The van der Waals surface area contributed by atoms with Crippen LogP contribution >= 0.6 is 0 Å². The Kier molecular flexibility index (Phi) is 18.4. The molecule has 0 bridgehead atoms. The Morgan fingerprint density at radius 2 is 1.55 bits per heavy atom. The highest BCUT2D eigenvalue weighted by Crippen LogP contribution is 2.36. The fraction of sp³-hybridized carbons (Fsp3) is 0.659. The van der Waals surface area contributed by atoms with Crippen LogP contribution in [0.4, 0.5) is 10.5 Å². The third-order valence-electron chi connectivity index (χ3n) is 9.45. The lowest BCUT2D eigenvalue weighted by Gasteiger charge is -2.43. The van der Waals surface area contributed by atoms with Gasteiger partial charge in [-0.15, -0.1) is 0 Å². The first-order valence-electron chi connectivity index (χ1n) is 19.2. The Balaban J connectivity index is 1.60. The average molecular weight is 775 g/mol. The molecule has 0 radical (unpaired) electrons. The summed E-state index contributed by atoms with van der Waals surface area (Å²) in [5.41, 5.74) is 3.90. The molecule has 1 N–H and O–H groups in total. The molecular formula is C41H62N2O12. The number of carbonyl (C=O) groups excluding carboxylic acids is 2. The van der Waals surface area contributed by atoms with Crippen LogP contribution in [0.15, 0.2) is 42.5 Å². The Hall–Kier alpha value is -3.50. The van der Waals surface area contributed by atoms with Crippen molar-refractivity contribution < 1.29 is 57.3 Å². The van der Waals surface area contributed by atoms with Crippen molar-refractivity contribution >= 4 is 17.7 Å². The molecule has 1 saturated heterocycles. The molecule has 6 atom stereocenters. The van der Waals surface area contributed by atoms with E-state index in [-0.39, 0.29) is 50.7 Å². The third kappa shape index (κ3) is 13.9. The topological polar surface area (TPSA) is 144 Å². The zero-order chi connectivity index (χ0) is 39.7. The van der Waals surface area contributed by atoms with Gasteiger partial charge < -0.3 is 57.5 Å². The molecule has 4 rings (SSSR count). The normalized spacial score (nSPS) is 20.1. The van der Waals surface area contributed by atoms with Crippen molar-refractivity contribution in [2.45, 2.75) is 77.8 Å². The van der Waals surface area contributed by atoms with Gasteiger partial charge in [-0.25, -0.2) is 4.79 Å². The van der Waals surface area contributed by atoms with E-state index in [2.05, 4.69) is 17.9 Å². The van der Waals surface area contributed by atoms with Crippen LogP contribution in [0.1, 0.15) is 56.7 Å². The zero-order valence-corrected chi connectivity index (χ0v) is 33.6. The Morgan fingerprint density at radius 1 is 0.836 bits per heavy atom. The van der Waals surface area contributed by atoms with E-state index in [0.29, 0.717) is 33.0 Å². The molecule has 14 nitrogen and oxygen atoms in total. The predicted molar refractivity (Wildman–Crippen MR) is 205 cm³/mol. The van der Waals surface area contributed by atoms with Gasteiger partial charge >= 0.3 is 12.1 Å². The molecule has 0 aromatic heterocycles. The molecule has 14 heteroatoms. The maximum atomic E-state index is 13.6. The highest BCUT2D eigenvalue weighted by Gasteiger charge is 2.42. The number of amides is 1. The first-order chi connectivity index (χ1) is 26.5. The summed E-state index contributed by atoms with van der Waals surface area (Å²) in [5.74, 6) is -0.0879. The Labute approximate surface area is 326 Å². The van der Waals surface area contributed by atoms with Gasteiger partial charge in [0.1, 0.15) is 18.5 Å². The van der Waals surface area contributed by atoms with Crippen molar-refractivity contribution in [3.63, 3.8) is 0 Å². The fourth-order valence-corrected chi connectivity index (χ4v) is 6.67. The minimum atomic E-state index is -1.10. The van der Waals surface area contributed by atoms with Crippen molar-refractivity contribution in [1.82, 2.24) is 4.90 Å². The molecule has 2 aliphatic rings. The molecule has 1 fully saturated rings. The second-order valence-electron chi connectivity index (χ2n) is 14.6. The lowest BCUT2D eigenvalue weighted by molar-refractivity contribution is -0.171. The number of aliphatic hydroxyl groups excluding tert-OH is 1. The molecule has 2 aromatic carbocycles. The minimum Gasteiger partial charge on any atom is -0.490 e. The van der Waals surface area contributed by atoms with Crippen LogP contribution in [-0.2, 0) is 55.9 Å². The van der Waals surface area contributed by atoms with E-state index >= 15 is 0 Å². The molecule has 0 saturated carbocycles. The van der Waals surface area contributed by atoms with Gasteiger partial charge in [-0.05, 0) is 35.2 Å². The number of rotatable bonds is 22. The molecule has 0 spiro atoms. The number of piperidine rings is 1. The number of aliphatic hydroxyl groups is 1. The van der Waals surface area contributed by atoms with Crippen molar-refractivity contribution in [1.29, 1.82) is 0 Å². The SMILES string of the molecule is COCCCN1CCOc2ccc(CO[C@H]3CN(C(=O)O[C@@H](C)OC(=O)C(C)C)C[C@@H](OC[C@H](O)COC)[C@@H]3c3ccc(COC[C@@H](C)COC)cc3)cc21. The quantitative estimate of drug-likeness (QED) is 0.0997. The van der Waals surface area contributed by atoms with Gasteiger partial charge in [0.25, 0.3) is 0 Å². The van der Waals surface area contributed by atoms with Crippen LogP contribution < -0.4 is 9.64 Å². The second kappa shape index (κ2) is 22.9. The minimum absolute atomic E-state index is 0.0255. The van der Waals surface area contributed by atoms with E-state index in [1.807, 2.05) is 36.4 Å². The Bertz CT molecular complexity index is 1440. The van der Waals surface area contributed by atoms with Crippen molar-refractivity contribution in [2.24, 2.45) is 11.8 Å². The van der Waals surface area contributed by atoms with E-state index in [1.54, 1.807) is 28.1 Å². The molecule has 55 heavy (non-hydrogen) atoms.